The summed E-state index contributed by atoms with van der Waals surface area (Å²) in [6.45, 7) is 13.6. The maximum absolute atomic E-state index is 5.28. The van der Waals surface area contributed by atoms with Gasteiger partial charge in [-0.05, 0) is 25.2 Å². The molecule has 0 fully saturated rings. The molecule has 0 aromatic rings. The predicted molar refractivity (Wildman–Crippen MR) is 87.9 cm³/mol. The van der Waals surface area contributed by atoms with E-state index in [9.17, 15) is 0 Å². The zero-order valence-corrected chi connectivity index (χ0v) is 12.5. The molecule has 2 nitrogen and oxygen atoms in total. The first kappa shape index (κ1) is 18.6. The van der Waals surface area contributed by atoms with Gasteiger partial charge >= 0.3 is 0 Å². The zero-order valence-electron chi connectivity index (χ0n) is 12.5. The van der Waals surface area contributed by atoms with Crippen LogP contribution in [-0.4, -0.2) is 26.4 Å². The molecule has 0 saturated carbocycles. The lowest BCUT2D eigenvalue weighted by Crippen LogP contribution is -1.95. The standard InChI is InChI=1S/C18H28O2/c1-4-14-19-16-10-7-8-12-18(6-3)13-9-11-17-20-15-5-2/h4-7,9-11,18H,1-3,8,12-17H2/b10-7+,11-9+. The highest BCUT2D eigenvalue weighted by Gasteiger charge is 1.99. The van der Waals surface area contributed by atoms with E-state index >= 15 is 0 Å². The molecule has 0 aliphatic carbocycles. The lowest BCUT2D eigenvalue weighted by atomic mass is 9.99. The third kappa shape index (κ3) is 13.1. The average Bonchev–Trinajstić information content (AvgIpc) is 2.47. The van der Waals surface area contributed by atoms with Crippen molar-refractivity contribution < 1.29 is 9.47 Å². The third-order valence-corrected chi connectivity index (χ3v) is 2.71. The fraction of sp³-hybridized carbons (Fsp3) is 0.444. The fourth-order valence-electron chi connectivity index (χ4n) is 1.61. The molecule has 0 spiro atoms. The van der Waals surface area contributed by atoms with E-state index in [1.54, 1.807) is 12.2 Å². The summed E-state index contributed by atoms with van der Waals surface area (Å²) in [5.41, 5.74) is 0. The number of hydrogen-bond acceptors (Lipinski definition) is 2. The molecule has 0 aromatic heterocycles. The predicted octanol–water partition coefficient (Wildman–Crippen LogP) is 4.48. The Morgan fingerprint density at radius 2 is 1.35 bits per heavy atom. The molecule has 2 heteroatoms. The molecule has 20 heavy (non-hydrogen) atoms. The Bertz CT molecular complexity index is 303. The van der Waals surface area contributed by atoms with E-state index in [-0.39, 0.29) is 0 Å². The first-order chi connectivity index (χ1) is 9.85. The summed E-state index contributed by atoms with van der Waals surface area (Å²) in [5.74, 6) is 0.518. The Morgan fingerprint density at radius 3 is 1.90 bits per heavy atom. The summed E-state index contributed by atoms with van der Waals surface area (Å²) in [5, 5.41) is 0. The van der Waals surface area contributed by atoms with Crippen molar-refractivity contribution in [1.29, 1.82) is 0 Å². The van der Waals surface area contributed by atoms with Crippen LogP contribution < -0.4 is 0 Å². The van der Waals surface area contributed by atoms with Gasteiger partial charge in [0.1, 0.15) is 0 Å². The number of hydrogen-bond donors (Lipinski definition) is 0. The van der Waals surface area contributed by atoms with Crippen LogP contribution in [0.1, 0.15) is 19.3 Å². The molecule has 112 valence electrons. The van der Waals surface area contributed by atoms with Gasteiger partial charge in [0, 0.05) is 0 Å². The Kier molecular flexibility index (Phi) is 14.6. The molecule has 0 bridgehead atoms. The summed E-state index contributed by atoms with van der Waals surface area (Å²) >= 11 is 0. The quantitative estimate of drug-likeness (QED) is 0.344. The highest BCUT2D eigenvalue weighted by molar-refractivity contribution is 4.92. The molecule has 0 aliphatic rings. The Balaban J connectivity index is 3.62. The van der Waals surface area contributed by atoms with Crippen LogP contribution in [0, 0.1) is 5.92 Å². The summed E-state index contributed by atoms with van der Waals surface area (Å²) in [6.07, 6.45) is 17.1. The fourth-order valence-corrected chi connectivity index (χ4v) is 1.61. The third-order valence-electron chi connectivity index (χ3n) is 2.71. The van der Waals surface area contributed by atoms with E-state index in [1.807, 2.05) is 6.08 Å². The van der Waals surface area contributed by atoms with Crippen molar-refractivity contribution in [3.8, 4) is 0 Å². The summed E-state index contributed by atoms with van der Waals surface area (Å²) in [7, 11) is 0. The Morgan fingerprint density at radius 1 is 0.750 bits per heavy atom. The molecule has 0 heterocycles. The summed E-state index contributed by atoms with van der Waals surface area (Å²) < 4.78 is 10.6. The Hall–Kier alpha value is -1.38. The van der Waals surface area contributed by atoms with E-state index in [2.05, 4.69) is 44.0 Å². The van der Waals surface area contributed by atoms with Crippen molar-refractivity contribution in [2.24, 2.45) is 5.92 Å². The van der Waals surface area contributed by atoms with Gasteiger partial charge in [0.2, 0.25) is 0 Å². The molecular weight excluding hydrogens is 248 g/mol. The van der Waals surface area contributed by atoms with Gasteiger partial charge in [-0.2, -0.15) is 0 Å². The molecule has 0 saturated heterocycles. The van der Waals surface area contributed by atoms with Crippen molar-refractivity contribution in [3.63, 3.8) is 0 Å². The molecule has 0 aliphatic heterocycles. The minimum absolute atomic E-state index is 0.518. The van der Waals surface area contributed by atoms with Crippen molar-refractivity contribution in [3.05, 3.63) is 62.3 Å². The molecule has 0 radical (unpaired) electrons. The SMILES string of the molecule is C=CCOC/C=C/CCC(C=C)C/C=C/COCC=C. The molecule has 0 amide bonds. The second-order valence-corrected chi connectivity index (χ2v) is 4.40. The molecule has 1 atom stereocenters. The van der Waals surface area contributed by atoms with E-state index in [0.717, 1.165) is 19.3 Å². The molecular formula is C18H28O2. The van der Waals surface area contributed by atoms with Crippen molar-refractivity contribution in [2.75, 3.05) is 26.4 Å². The highest BCUT2D eigenvalue weighted by atomic mass is 16.5. The number of allylic oxidation sites excluding steroid dienone is 3. The second-order valence-electron chi connectivity index (χ2n) is 4.40. The first-order valence-electron chi connectivity index (χ1n) is 7.15. The molecule has 1 unspecified atom stereocenters. The van der Waals surface area contributed by atoms with Crippen LogP contribution in [0.5, 0.6) is 0 Å². The van der Waals surface area contributed by atoms with Gasteiger partial charge in [0.25, 0.3) is 0 Å². The maximum Gasteiger partial charge on any atom is 0.0651 e. The van der Waals surface area contributed by atoms with Crippen molar-refractivity contribution >= 4 is 0 Å². The van der Waals surface area contributed by atoms with Gasteiger partial charge in [-0.25, -0.2) is 0 Å². The van der Waals surface area contributed by atoms with E-state index in [4.69, 9.17) is 9.47 Å². The normalized spacial score (nSPS) is 12.8. The van der Waals surface area contributed by atoms with Crippen LogP contribution >= 0.6 is 0 Å². The monoisotopic (exact) mass is 276 g/mol. The second kappa shape index (κ2) is 15.7. The van der Waals surface area contributed by atoms with E-state index < -0.39 is 0 Å². The smallest absolute Gasteiger partial charge is 0.0651 e. The molecule has 0 aromatic carbocycles. The topological polar surface area (TPSA) is 18.5 Å². The van der Waals surface area contributed by atoms with Gasteiger partial charge in [-0.1, -0.05) is 42.5 Å². The lowest BCUT2D eigenvalue weighted by Gasteiger charge is -2.07. The average molecular weight is 276 g/mol. The van der Waals surface area contributed by atoms with Crippen LogP contribution in [0.15, 0.2) is 62.3 Å². The minimum Gasteiger partial charge on any atom is -0.373 e. The lowest BCUT2D eigenvalue weighted by molar-refractivity contribution is 0.193. The zero-order chi connectivity index (χ0) is 14.9. The number of rotatable bonds is 14. The van der Waals surface area contributed by atoms with Gasteiger partial charge in [-0.15, -0.1) is 19.7 Å². The van der Waals surface area contributed by atoms with Crippen LogP contribution in [0.25, 0.3) is 0 Å². The van der Waals surface area contributed by atoms with Gasteiger partial charge in [-0.3, -0.25) is 0 Å². The van der Waals surface area contributed by atoms with E-state index in [0.29, 0.717) is 32.3 Å². The van der Waals surface area contributed by atoms with Crippen molar-refractivity contribution in [1.82, 2.24) is 0 Å². The van der Waals surface area contributed by atoms with Gasteiger partial charge in [0.15, 0.2) is 0 Å². The van der Waals surface area contributed by atoms with Crippen LogP contribution in [0.2, 0.25) is 0 Å². The first-order valence-corrected chi connectivity index (χ1v) is 7.15. The van der Waals surface area contributed by atoms with Gasteiger partial charge < -0.3 is 9.47 Å². The minimum atomic E-state index is 0.518. The maximum atomic E-state index is 5.28. The highest BCUT2D eigenvalue weighted by Crippen LogP contribution is 2.13. The molecule has 0 N–H and O–H groups in total. The van der Waals surface area contributed by atoms with Crippen molar-refractivity contribution in [2.45, 2.75) is 19.3 Å². The largest absolute Gasteiger partial charge is 0.373 e. The van der Waals surface area contributed by atoms with E-state index in [1.165, 1.54) is 0 Å². The number of ether oxygens (including phenoxy) is 2. The molecule has 0 rings (SSSR count). The summed E-state index contributed by atoms with van der Waals surface area (Å²) in [6, 6.07) is 0. The van der Waals surface area contributed by atoms with Crippen LogP contribution in [-0.2, 0) is 9.47 Å². The van der Waals surface area contributed by atoms with Crippen LogP contribution in [0.4, 0.5) is 0 Å². The summed E-state index contributed by atoms with van der Waals surface area (Å²) in [4.78, 5) is 0. The van der Waals surface area contributed by atoms with Crippen LogP contribution in [0.3, 0.4) is 0 Å². The Labute approximate surface area is 124 Å². The van der Waals surface area contributed by atoms with Gasteiger partial charge in [0.05, 0.1) is 26.4 Å².